The summed E-state index contributed by atoms with van der Waals surface area (Å²) in [4.78, 5) is 2.30. The Kier molecular flexibility index (Phi) is 8.26. The molecule has 0 heterocycles. The average molecular weight is 280 g/mol. The lowest BCUT2D eigenvalue weighted by Crippen LogP contribution is -2.39. The van der Waals surface area contributed by atoms with Gasteiger partial charge in [-0.2, -0.15) is 0 Å². The summed E-state index contributed by atoms with van der Waals surface area (Å²) in [5.74, 6) is 0.864. The van der Waals surface area contributed by atoms with E-state index in [1.165, 1.54) is 0 Å². The minimum absolute atomic E-state index is 0.190. The van der Waals surface area contributed by atoms with E-state index < -0.39 is 0 Å². The Morgan fingerprint density at radius 2 is 1.90 bits per heavy atom. The van der Waals surface area contributed by atoms with Crippen LogP contribution in [-0.2, 0) is 6.54 Å². The standard InChI is InChI=1S/C16H28N2O2/c1-3-15(4-2)18(9-11-19)10-12-20-16-8-6-5-7-14(16)13-17/h5-8,15,19H,3-4,9-13,17H2,1-2H3. The van der Waals surface area contributed by atoms with Crippen molar-refractivity contribution in [1.82, 2.24) is 4.90 Å². The lowest BCUT2D eigenvalue weighted by molar-refractivity contribution is 0.122. The monoisotopic (exact) mass is 280 g/mol. The van der Waals surface area contributed by atoms with E-state index in [0.29, 0.717) is 25.7 Å². The zero-order valence-corrected chi connectivity index (χ0v) is 12.7. The van der Waals surface area contributed by atoms with Crippen LogP contribution in [-0.4, -0.2) is 42.4 Å². The van der Waals surface area contributed by atoms with Crippen LogP contribution in [0.5, 0.6) is 5.75 Å². The number of nitrogens with zero attached hydrogens (tertiary/aromatic N) is 1. The Morgan fingerprint density at radius 3 is 2.50 bits per heavy atom. The smallest absolute Gasteiger partial charge is 0.123 e. The molecule has 0 unspecified atom stereocenters. The highest BCUT2D eigenvalue weighted by Crippen LogP contribution is 2.17. The average Bonchev–Trinajstić information content (AvgIpc) is 2.49. The number of nitrogens with two attached hydrogens (primary N) is 1. The van der Waals surface area contributed by atoms with E-state index in [1.807, 2.05) is 24.3 Å². The maximum absolute atomic E-state index is 9.18. The highest BCUT2D eigenvalue weighted by Gasteiger charge is 2.14. The van der Waals surface area contributed by atoms with Crippen LogP contribution in [0.3, 0.4) is 0 Å². The van der Waals surface area contributed by atoms with Gasteiger partial charge in [-0.1, -0.05) is 32.0 Å². The normalized spacial score (nSPS) is 11.3. The summed E-state index contributed by atoms with van der Waals surface area (Å²) in [5, 5.41) is 9.18. The van der Waals surface area contributed by atoms with Crippen LogP contribution in [0.2, 0.25) is 0 Å². The van der Waals surface area contributed by atoms with E-state index in [9.17, 15) is 5.11 Å². The molecule has 0 aliphatic carbocycles. The first-order valence-corrected chi connectivity index (χ1v) is 7.52. The van der Waals surface area contributed by atoms with Gasteiger partial charge in [0, 0.05) is 31.2 Å². The second-order valence-corrected chi connectivity index (χ2v) is 4.89. The molecule has 0 amide bonds. The predicted octanol–water partition coefficient (Wildman–Crippen LogP) is 2.01. The molecule has 20 heavy (non-hydrogen) atoms. The molecule has 3 N–H and O–H groups in total. The molecule has 0 fully saturated rings. The third kappa shape index (κ3) is 5.12. The van der Waals surface area contributed by atoms with E-state index >= 15 is 0 Å². The summed E-state index contributed by atoms with van der Waals surface area (Å²) in [5.41, 5.74) is 6.73. The number of rotatable bonds is 10. The Hall–Kier alpha value is -1.10. The van der Waals surface area contributed by atoms with Gasteiger partial charge in [0.15, 0.2) is 0 Å². The number of ether oxygens (including phenoxy) is 1. The molecule has 0 aliphatic rings. The van der Waals surface area contributed by atoms with Crippen molar-refractivity contribution in [2.45, 2.75) is 39.3 Å². The fraction of sp³-hybridized carbons (Fsp3) is 0.625. The first kappa shape index (κ1) is 17.0. The first-order chi connectivity index (χ1) is 9.76. The minimum atomic E-state index is 0.190. The molecule has 0 radical (unpaired) electrons. The molecule has 1 aromatic carbocycles. The Morgan fingerprint density at radius 1 is 1.20 bits per heavy atom. The van der Waals surface area contributed by atoms with Crippen LogP contribution in [0, 0.1) is 0 Å². The molecule has 0 bridgehead atoms. The van der Waals surface area contributed by atoms with E-state index in [0.717, 1.165) is 30.7 Å². The van der Waals surface area contributed by atoms with E-state index in [-0.39, 0.29) is 6.61 Å². The van der Waals surface area contributed by atoms with E-state index in [2.05, 4.69) is 18.7 Å². The molecular weight excluding hydrogens is 252 g/mol. The maximum Gasteiger partial charge on any atom is 0.123 e. The summed E-state index contributed by atoms with van der Waals surface area (Å²) >= 11 is 0. The second kappa shape index (κ2) is 9.75. The zero-order valence-electron chi connectivity index (χ0n) is 12.7. The fourth-order valence-electron chi connectivity index (χ4n) is 2.50. The molecule has 0 atom stereocenters. The maximum atomic E-state index is 9.18. The van der Waals surface area contributed by atoms with Gasteiger partial charge >= 0.3 is 0 Å². The zero-order chi connectivity index (χ0) is 14.8. The van der Waals surface area contributed by atoms with Crippen molar-refractivity contribution in [3.05, 3.63) is 29.8 Å². The topological polar surface area (TPSA) is 58.7 Å². The van der Waals surface area contributed by atoms with Crippen molar-refractivity contribution in [1.29, 1.82) is 0 Å². The summed E-state index contributed by atoms with van der Waals surface area (Å²) in [6, 6.07) is 8.38. The molecule has 4 heteroatoms. The van der Waals surface area contributed by atoms with Gasteiger partial charge in [-0.15, -0.1) is 0 Å². The van der Waals surface area contributed by atoms with Crippen molar-refractivity contribution in [3.63, 3.8) is 0 Å². The molecule has 114 valence electrons. The molecule has 1 aromatic rings. The summed E-state index contributed by atoms with van der Waals surface area (Å²) in [6.07, 6.45) is 2.19. The minimum Gasteiger partial charge on any atom is -0.492 e. The highest BCUT2D eigenvalue weighted by atomic mass is 16.5. The molecule has 0 aliphatic heterocycles. The van der Waals surface area contributed by atoms with Gasteiger partial charge in [0.25, 0.3) is 0 Å². The van der Waals surface area contributed by atoms with Crippen molar-refractivity contribution < 1.29 is 9.84 Å². The van der Waals surface area contributed by atoms with Gasteiger partial charge in [-0.05, 0) is 18.9 Å². The van der Waals surface area contributed by atoms with Crippen LogP contribution in [0.4, 0.5) is 0 Å². The molecule has 0 saturated carbocycles. The highest BCUT2D eigenvalue weighted by molar-refractivity contribution is 5.32. The number of hydrogen-bond acceptors (Lipinski definition) is 4. The molecule has 1 rings (SSSR count). The quantitative estimate of drug-likeness (QED) is 0.688. The van der Waals surface area contributed by atoms with Gasteiger partial charge in [-0.3, -0.25) is 4.90 Å². The van der Waals surface area contributed by atoms with Gasteiger partial charge in [0.2, 0.25) is 0 Å². The van der Waals surface area contributed by atoms with Crippen LogP contribution >= 0.6 is 0 Å². The SMILES string of the molecule is CCC(CC)N(CCO)CCOc1ccccc1CN. The number of aliphatic hydroxyl groups excluding tert-OH is 1. The predicted molar refractivity (Wildman–Crippen MR) is 82.9 cm³/mol. The van der Waals surface area contributed by atoms with Crippen molar-refractivity contribution >= 4 is 0 Å². The van der Waals surface area contributed by atoms with Crippen molar-refractivity contribution in [2.24, 2.45) is 5.73 Å². The number of benzene rings is 1. The Bertz CT molecular complexity index is 367. The van der Waals surface area contributed by atoms with Crippen LogP contribution < -0.4 is 10.5 Å². The van der Waals surface area contributed by atoms with Gasteiger partial charge < -0.3 is 15.6 Å². The largest absolute Gasteiger partial charge is 0.492 e. The first-order valence-electron chi connectivity index (χ1n) is 7.52. The number of para-hydroxylation sites is 1. The third-order valence-electron chi connectivity index (χ3n) is 3.67. The van der Waals surface area contributed by atoms with E-state index in [1.54, 1.807) is 0 Å². The summed E-state index contributed by atoms with van der Waals surface area (Å²) in [7, 11) is 0. The van der Waals surface area contributed by atoms with Crippen LogP contribution in [0.15, 0.2) is 24.3 Å². The van der Waals surface area contributed by atoms with Gasteiger partial charge in [0.1, 0.15) is 12.4 Å². The Labute approximate surface area is 122 Å². The molecule has 0 saturated heterocycles. The molecule has 0 aromatic heterocycles. The fourth-order valence-corrected chi connectivity index (χ4v) is 2.50. The van der Waals surface area contributed by atoms with Crippen molar-refractivity contribution in [2.75, 3.05) is 26.3 Å². The molecule has 0 spiro atoms. The molecular formula is C16H28N2O2. The lowest BCUT2D eigenvalue weighted by atomic mass is 10.1. The van der Waals surface area contributed by atoms with Gasteiger partial charge in [0.05, 0.1) is 6.61 Å². The summed E-state index contributed by atoms with van der Waals surface area (Å²) < 4.78 is 5.84. The summed E-state index contributed by atoms with van der Waals surface area (Å²) in [6.45, 7) is 7.19. The van der Waals surface area contributed by atoms with Crippen molar-refractivity contribution in [3.8, 4) is 5.75 Å². The molecule has 4 nitrogen and oxygen atoms in total. The lowest BCUT2D eigenvalue weighted by Gasteiger charge is -2.29. The van der Waals surface area contributed by atoms with E-state index in [4.69, 9.17) is 10.5 Å². The van der Waals surface area contributed by atoms with Gasteiger partial charge in [-0.25, -0.2) is 0 Å². The van der Waals surface area contributed by atoms with Crippen LogP contribution in [0.25, 0.3) is 0 Å². The number of hydrogen-bond donors (Lipinski definition) is 2. The number of aliphatic hydroxyl groups is 1. The Balaban J connectivity index is 2.51. The second-order valence-electron chi connectivity index (χ2n) is 4.89. The van der Waals surface area contributed by atoms with Crippen LogP contribution in [0.1, 0.15) is 32.3 Å². The third-order valence-corrected chi connectivity index (χ3v) is 3.67.